The van der Waals surface area contributed by atoms with Crippen LogP contribution in [0, 0.1) is 12.8 Å². The second kappa shape index (κ2) is 5.14. The van der Waals surface area contributed by atoms with Crippen LogP contribution < -0.4 is 10.6 Å². The number of aryl methyl sites for hydroxylation is 1. The molecule has 0 bridgehead atoms. The number of fused-ring (bicyclic) bond motifs is 3. The molecule has 2 N–H and O–H groups in total. The Morgan fingerprint density at radius 3 is 3.00 bits per heavy atom. The molecule has 3 heterocycles. The smallest absolute Gasteiger partial charge is 0.139 e. The molecule has 110 valence electrons. The summed E-state index contributed by atoms with van der Waals surface area (Å²) >= 11 is 3.76. The van der Waals surface area contributed by atoms with Crippen LogP contribution in [0.25, 0.3) is 11.3 Å². The topological polar surface area (TPSA) is 41.9 Å². The first-order valence-corrected chi connectivity index (χ1v) is 8.33. The highest BCUT2D eigenvalue weighted by atomic mass is 79.9. The van der Waals surface area contributed by atoms with Gasteiger partial charge in [-0.3, -0.25) is 0 Å². The van der Waals surface area contributed by atoms with Gasteiger partial charge in [0.15, 0.2) is 0 Å². The van der Waals surface area contributed by atoms with Crippen molar-refractivity contribution in [2.75, 3.05) is 25.0 Å². The molecule has 0 spiro atoms. The van der Waals surface area contributed by atoms with Crippen LogP contribution in [-0.4, -0.2) is 29.4 Å². The van der Waals surface area contributed by atoms with Gasteiger partial charge in [0.2, 0.25) is 0 Å². The summed E-state index contributed by atoms with van der Waals surface area (Å²) in [5.41, 5.74) is 3.52. The molecule has 4 nitrogen and oxygen atoms in total. The van der Waals surface area contributed by atoms with Crippen molar-refractivity contribution in [2.24, 2.45) is 5.92 Å². The molecule has 1 saturated heterocycles. The lowest BCUT2D eigenvalue weighted by molar-refractivity contribution is 0.238. The molecule has 1 aromatic heterocycles. The molecule has 5 heteroatoms. The molecular formula is C16H19BrN4. The zero-order valence-corrected chi connectivity index (χ0v) is 13.7. The van der Waals surface area contributed by atoms with E-state index in [2.05, 4.69) is 62.4 Å². The zero-order valence-electron chi connectivity index (χ0n) is 12.1. The van der Waals surface area contributed by atoms with E-state index < -0.39 is 0 Å². The van der Waals surface area contributed by atoms with E-state index in [1.54, 1.807) is 0 Å². The first kappa shape index (κ1) is 13.3. The Labute approximate surface area is 133 Å². The summed E-state index contributed by atoms with van der Waals surface area (Å²) in [5.74, 6) is 1.76. The van der Waals surface area contributed by atoms with Crippen LogP contribution in [0.5, 0.6) is 0 Å². The Hall–Kier alpha value is -1.33. The molecule has 2 aromatic rings. The van der Waals surface area contributed by atoms with Gasteiger partial charge in [0.05, 0.1) is 10.5 Å². The molecule has 2 aliphatic heterocycles. The van der Waals surface area contributed by atoms with Gasteiger partial charge in [-0.1, -0.05) is 24.3 Å². The van der Waals surface area contributed by atoms with Crippen molar-refractivity contribution in [1.82, 2.24) is 15.1 Å². The van der Waals surface area contributed by atoms with Gasteiger partial charge in [-0.15, -0.1) is 0 Å². The Bertz CT molecular complexity index is 679. The largest absolute Gasteiger partial charge is 0.369 e. The number of nitrogens with zero attached hydrogens (tertiary/aromatic N) is 2. The lowest BCUT2D eigenvalue weighted by Gasteiger charge is -2.37. The number of aromatic nitrogens is 2. The van der Waals surface area contributed by atoms with Gasteiger partial charge >= 0.3 is 0 Å². The number of halogens is 1. The maximum absolute atomic E-state index is 4.95. The molecule has 4 rings (SSSR count). The Morgan fingerprint density at radius 1 is 1.29 bits per heavy atom. The minimum atomic E-state index is 0.511. The van der Waals surface area contributed by atoms with Crippen LogP contribution >= 0.6 is 15.9 Å². The maximum Gasteiger partial charge on any atom is 0.139 e. The van der Waals surface area contributed by atoms with Crippen LogP contribution in [0.2, 0.25) is 0 Å². The summed E-state index contributed by atoms with van der Waals surface area (Å²) in [6.45, 7) is 5.32. The van der Waals surface area contributed by atoms with Crippen LogP contribution in [0.15, 0.2) is 28.7 Å². The van der Waals surface area contributed by atoms with E-state index in [-0.39, 0.29) is 0 Å². The molecule has 0 amide bonds. The normalized spacial score (nSPS) is 24.1. The zero-order chi connectivity index (χ0) is 14.4. The third-order valence-corrected chi connectivity index (χ3v) is 5.42. The maximum atomic E-state index is 4.95. The number of benzene rings is 1. The fraction of sp³-hybridized carbons (Fsp3) is 0.438. The molecule has 2 aliphatic rings. The van der Waals surface area contributed by atoms with Crippen molar-refractivity contribution in [1.29, 1.82) is 0 Å². The average molecular weight is 347 g/mol. The van der Waals surface area contributed by atoms with E-state index in [9.17, 15) is 0 Å². The molecule has 1 aromatic carbocycles. The van der Waals surface area contributed by atoms with Gasteiger partial charge in [0.25, 0.3) is 0 Å². The number of nitrogens with one attached hydrogen (secondary N) is 2. The number of hydrogen-bond donors (Lipinski definition) is 2. The summed E-state index contributed by atoms with van der Waals surface area (Å²) < 4.78 is 3.30. The van der Waals surface area contributed by atoms with Crippen molar-refractivity contribution in [3.05, 3.63) is 34.3 Å². The fourth-order valence-corrected chi connectivity index (χ4v) is 4.11. The molecule has 0 saturated carbocycles. The summed E-state index contributed by atoms with van der Waals surface area (Å²) in [7, 11) is 0. The number of hydrogen-bond acceptors (Lipinski definition) is 3. The SMILES string of the molecule is Cc1ccccc1-c1nn2c(c1Br)NCC1CNCCC12. The van der Waals surface area contributed by atoms with Gasteiger partial charge in [-0.25, -0.2) is 4.68 Å². The summed E-state index contributed by atoms with van der Waals surface area (Å²) in [4.78, 5) is 0. The third kappa shape index (κ3) is 2.10. The third-order valence-electron chi connectivity index (χ3n) is 4.67. The molecule has 0 aliphatic carbocycles. The van der Waals surface area contributed by atoms with Gasteiger partial charge in [0.1, 0.15) is 11.5 Å². The van der Waals surface area contributed by atoms with Crippen LogP contribution in [-0.2, 0) is 0 Å². The standard InChI is InChI=1S/C16H19BrN4/c1-10-4-2-3-5-12(10)15-14(17)16-19-9-11-8-18-7-6-13(11)21(16)20-15/h2-5,11,13,18-19H,6-9H2,1H3. The van der Waals surface area contributed by atoms with Gasteiger partial charge in [0, 0.05) is 24.6 Å². The highest BCUT2D eigenvalue weighted by molar-refractivity contribution is 9.10. The van der Waals surface area contributed by atoms with Crippen molar-refractivity contribution in [2.45, 2.75) is 19.4 Å². The molecule has 21 heavy (non-hydrogen) atoms. The minimum absolute atomic E-state index is 0.511. The first-order valence-electron chi connectivity index (χ1n) is 7.54. The van der Waals surface area contributed by atoms with Gasteiger partial charge in [-0.2, -0.15) is 5.10 Å². The minimum Gasteiger partial charge on any atom is -0.369 e. The van der Waals surface area contributed by atoms with Crippen molar-refractivity contribution in [3.63, 3.8) is 0 Å². The molecule has 2 unspecified atom stereocenters. The van der Waals surface area contributed by atoms with Gasteiger partial charge < -0.3 is 10.6 Å². The molecule has 1 fully saturated rings. The Morgan fingerprint density at radius 2 is 2.14 bits per heavy atom. The Kier molecular flexibility index (Phi) is 3.27. The number of anilines is 1. The van der Waals surface area contributed by atoms with E-state index in [1.807, 2.05) is 0 Å². The van der Waals surface area contributed by atoms with Gasteiger partial charge in [-0.05, 0) is 41.4 Å². The average Bonchev–Trinajstić information content (AvgIpc) is 2.85. The first-order chi connectivity index (χ1) is 10.3. The van der Waals surface area contributed by atoms with E-state index in [1.165, 1.54) is 11.1 Å². The highest BCUT2D eigenvalue weighted by Crippen LogP contribution is 2.41. The summed E-state index contributed by atoms with van der Waals surface area (Å²) in [6, 6.07) is 8.95. The van der Waals surface area contributed by atoms with Crippen molar-refractivity contribution in [3.8, 4) is 11.3 Å². The predicted octanol–water partition coefficient (Wildman–Crippen LogP) is 3.20. The van der Waals surface area contributed by atoms with Crippen molar-refractivity contribution >= 4 is 21.7 Å². The van der Waals surface area contributed by atoms with Crippen molar-refractivity contribution < 1.29 is 0 Å². The van der Waals surface area contributed by atoms with E-state index in [0.717, 1.165) is 42.0 Å². The van der Waals surface area contributed by atoms with Crippen LogP contribution in [0.1, 0.15) is 18.0 Å². The lowest BCUT2D eigenvalue weighted by Crippen LogP contribution is -2.44. The second-order valence-electron chi connectivity index (χ2n) is 5.97. The molecule has 2 atom stereocenters. The quantitative estimate of drug-likeness (QED) is 0.833. The second-order valence-corrected chi connectivity index (χ2v) is 6.76. The number of rotatable bonds is 1. The summed E-state index contributed by atoms with van der Waals surface area (Å²) in [6.07, 6.45) is 1.15. The lowest BCUT2D eigenvalue weighted by atomic mass is 9.92. The van der Waals surface area contributed by atoms with E-state index in [4.69, 9.17) is 5.10 Å². The van der Waals surface area contributed by atoms with E-state index in [0.29, 0.717) is 12.0 Å². The van der Waals surface area contributed by atoms with Crippen LogP contribution in [0.3, 0.4) is 0 Å². The monoisotopic (exact) mass is 346 g/mol. The highest BCUT2D eigenvalue weighted by Gasteiger charge is 2.34. The predicted molar refractivity (Wildman–Crippen MR) is 88.6 cm³/mol. The molecule has 0 radical (unpaired) electrons. The molecular weight excluding hydrogens is 328 g/mol. The Balaban J connectivity index is 1.82. The number of piperidine rings is 1. The van der Waals surface area contributed by atoms with Crippen LogP contribution in [0.4, 0.5) is 5.82 Å². The summed E-state index contributed by atoms with van der Waals surface area (Å²) in [5, 5.41) is 12.0. The fourth-order valence-electron chi connectivity index (χ4n) is 3.49. The van der Waals surface area contributed by atoms with E-state index >= 15 is 0 Å².